The standard InChI is InChI=1S/C26H37N3O5/c1-5-29(17-6-7-19-30)25(31)21-8-12-22(13-9-21)27-26(32)34-24(16-18-28(2)3)20-10-14-23(33-4)15-11-20/h8-15,24,30H,5-7,16-19H2,1-4H3,(H,27,32). The summed E-state index contributed by atoms with van der Waals surface area (Å²) in [5.41, 5.74) is 1.98. The van der Waals surface area contributed by atoms with Gasteiger partial charge in [-0.25, -0.2) is 4.79 Å². The number of hydrogen-bond donors (Lipinski definition) is 2. The quantitative estimate of drug-likeness (QED) is 0.426. The first-order chi connectivity index (χ1) is 16.4. The molecule has 186 valence electrons. The highest BCUT2D eigenvalue weighted by Crippen LogP contribution is 2.25. The van der Waals surface area contributed by atoms with Crippen molar-refractivity contribution < 1.29 is 24.2 Å². The lowest BCUT2D eigenvalue weighted by molar-refractivity contribution is 0.0758. The highest BCUT2D eigenvalue weighted by atomic mass is 16.6. The molecule has 0 aliphatic heterocycles. The summed E-state index contributed by atoms with van der Waals surface area (Å²) in [4.78, 5) is 29.1. The summed E-state index contributed by atoms with van der Waals surface area (Å²) in [6.07, 6.45) is 1.10. The molecule has 0 saturated heterocycles. The van der Waals surface area contributed by atoms with Gasteiger partial charge in [-0.15, -0.1) is 0 Å². The topological polar surface area (TPSA) is 91.3 Å². The van der Waals surface area contributed by atoms with Gasteiger partial charge in [-0.2, -0.15) is 0 Å². The van der Waals surface area contributed by atoms with E-state index in [1.54, 1.807) is 36.3 Å². The molecule has 0 radical (unpaired) electrons. The number of carbonyl (C=O) groups is 2. The minimum absolute atomic E-state index is 0.0715. The van der Waals surface area contributed by atoms with E-state index in [0.29, 0.717) is 37.2 Å². The second-order valence-corrected chi connectivity index (χ2v) is 8.28. The van der Waals surface area contributed by atoms with Crippen LogP contribution < -0.4 is 10.1 Å². The van der Waals surface area contributed by atoms with Gasteiger partial charge in [-0.05, 0) is 75.8 Å². The summed E-state index contributed by atoms with van der Waals surface area (Å²) in [7, 11) is 5.55. The average molecular weight is 472 g/mol. The lowest BCUT2D eigenvalue weighted by atomic mass is 10.1. The Kier molecular flexibility index (Phi) is 11.4. The van der Waals surface area contributed by atoms with Gasteiger partial charge in [-0.3, -0.25) is 10.1 Å². The van der Waals surface area contributed by atoms with Crippen LogP contribution in [0.1, 0.15) is 48.2 Å². The Morgan fingerprint density at radius 2 is 1.68 bits per heavy atom. The fourth-order valence-electron chi connectivity index (χ4n) is 3.46. The van der Waals surface area contributed by atoms with Gasteiger partial charge in [0.15, 0.2) is 0 Å². The number of ether oxygens (including phenoxy) is 2. The van der Waals surface area contributed by atoms with Crippen molar-refractivity contribution in [3.05, 3.63) is 59.7 Å². The fraction of sp³-hybridized carbons (Fsp3) is 0.462. The molecule has 2 rings (SSSR count). The van der Waals surface area contributed by atoms with Crippen molar-refractivity contribution in [1.82, 2.24) is 9.80 Å². The largest absolute Gasteiger partial charge is 0.497 e. The van der Waals surface area contributed by atoms with Crippen LogP contribution in [-0.2, 0) is 4.74 Å². The number of aliphatic hydroxyl groups is 1. The first kappa shape index (κ1) is 27.1. The molecule has 8 nitrogen and oxygen atoms in total. The van der Waals surface area contributed by atoms with Crippen LogP contribution in [0.2, 0.25) is 0 Å². The Labute approximate surface area is 202 Å². The van der Waals surface area contributed by atoms with Crippen LogP contribution >= 0.6 is 0 Å². The van der Waals surface area contributed by atoms with Crippen molar-refractivity contribution in [2.45, 2.75) is 32.3 Å². The SMILES string of the molecule is CCN(CCCCO)C(=O)c1ccc(NC(=O)OC(CCN(C)C)c2ccc(OC)cc2)cc1. The highest BCUT2D eigenvalue weighted by Gasteiger charge is 2.18. The first-order valence-corrected chi connectivity index (χ1v) is 11.6. The number of aliphatic hydroxyl groups excluding tert-OH is 1. The number of anilines is 1. The zero-order valence-corrected chi connectivity index (χ0v) is 20.6. The number of methoxy groups -OCH3 is 1. The van der Waals surface area contributed by atoms with E-state index in [1.807, 2.05) is 50.2 Å². The molecule has 2 aromatic rings. The van der Waals surface area contributed by atoms with Gasteiger partial charge >= 0.3 is 6.09 Å². The summed E-state index contributed by atoms with van der Waals surface area (Å²) < 4.78 is 11.0. The maximum absolute atomic E-state index is 12.7. The van der Waals surface area contributed by atoms with Crippen molar-refractivity contribution in [2.75, 3.05) is 52.8 Å². The van der Waals surface area contributed by atoms with Gasteiger partial charge in [0.05, 0.1) is 7.11 Å². The number of unbranched alkanes of at least 4 members (excludes halogenated alkanes) is 1. The molecule has 0 saturated carbocycles. The second-order valence-electron chi connectivity index (χ2n) is 8.28. The monoisotopic (exact) mass is 471 g/mol. The molecule has 8 heteroatoms. The Hall–Kier alpha value is -3.10. The summed E-state index contributed by atoms with van der Waals surface area (Å²) in [5, 5.41) is 11.7. The van der Waals surface area contributed by atoms with Gasteiger partial charge in [0, 0.05) is 43.9 Å². The zero-order chi connectivity index (χ0) is 24.9. The Morgan fingerprint density at radius 3 is 2.24 bits per heavy atom. The fourth-order valence-corrected chi connectivity index (χ4v) is 3.46. The molecule has 0 aliphatic carbocycles. The molecule has 2 aromatic carbocycles. The Morgan fingerprint density at radius 1 is 1.00 bits per heavy atom. The second kappa shape index (κ2) is 14.2. The molecular weight excluding hydrogens is 434 g/mol. The molecular formula is C26H37N3O5. The molecule has 0 spiro atoms. The van der Waals surface area contributed by atoms with Crippen molar-refractivity contribution in [2.24, 2.45) is 0 Å². The number of benzene rings is 2. The summed E-state index contributed by atoms with van der Waals surface area (Å²) >= 11 is 0. The summed E-state index contributed by atoms with van der Waals surface area (Å²) in [6.45, 7) is 4.00. The minimum atomic E-state index is -0.558. The third-order valence-corrected chi connectivity index (χ3v) is 5.46. The van der Waals surface area contributed by atoms with Gasteiger partial charge in [0.2, 0.25) is 0 Å². The third kappa shape index (κ3) is 8.68. The van der Waals surface area contributed by atoms with E-state index in [9.17, 15) is 9.59 Å². The number of amides is 2. The van der Waals surface area contributed by atoms with Gasteiger partial charge < -0.3 is 24.4 Å². The molecule has 0 bridgehead atoms. The van der Waals surface area contributed by atoms with Crippen LogP contribution in [0, 0.1) is 0 Å². The maximum Gasteiger partial charge on any atom is 0.412 e. The van der Waals surface area contributed by atoms with Crippen molar-refractivity contribution in [3.63, 3.8) is 0 Å². The Balaban J connectivity index is 2.01. The van der Waals surface area contributed by atoms with Crippen LogP contribution in [0.25, 0.3) is 0 Å². The summed E-state index contributed by atoms with van der Waals surface area (Å²) in [6, 6.07) is 14.3. The lowest BCUT2D eigenvalue weighted by Crippen LogP contribution is -2.31. The van der Waals surface area contributed by atoms with Crippen LogP contribution in [0.15, 0.2) is 48.5 Å². The molecule has 1 atom stereocenters. The van der Waals surface area contributed by atoms with Crippen molar-refractivity contribution in [1.29, 1.82) is 0 Å². The van der Waals surface area contributed by atoms with E-state index in [4.69, 9.17) is 14.6 Å². The first-order valence-electron chi connectivity index (χ1n) is 11.6. The Bertz CT molecular complexity index is 884. The lowest BCUT2D eigenvalue weighted by Gasteiger charge is -2.21. The number of nitrogens with one attached hydrogen (secondary N) is 1. The van der Waals surface area contributed by atoms with Gasteiger partial charge in [-0.1, -0.05) is 12.1 Å². The average Bonchev–Trinajstić information content (AvgIpc) is 2.84. The predicted octanol–water partition coefficient (Wildman–Crippen LogP) is 4.17. The van der Waals surface area contributed by atoms with Gasteiger partial charge in [0.25, 0.3) is 5.91 Å². The number of hydrogen-bond acceptors (Lipinski definition) is 6. The van der Waals surface area contributed by atoms with Crippen molar-refractivity contribution in [3.8, 4) is 5.75 Å². The van der Waals surface area contributed by atoms with Crippen LogP contribution in [0.4, 0.5) is 10.5 Å². The van der Waals surface area contributed by atoms with Crippen LogP contribution in [-0.4, -0.2) is 74.4 Å². The molecule has 2 amide bonds. The van der Waals surface area contributed by atoms with Crippen LogP contribution in [0.3, 0.4) is 0 Å². The zero-order valence-electron chi connectivity index (χ0n) is 20.6. The van der Waals surface area contributed by atoms with Gasteiger partial charge in [0.1, 0.15) is 11.9 Å². The van der Waals surface area contributed by atoms with E-state index in [-0.39, 0.29) is 12.5 Å². The van der Waals surface area contributed by atoms with E-state index in [2.05, 4.69) is 5.32 Å². The van der Waals surface area contributed by atoms with E-state index >= 15 is 0 Å². The summed E-state index contributed by atoms with van der Waals surface area (Å²) in [5.74, 6) is 0.669. The molecule has 0 aliphatic rings. The molecule has 2 N–H and O–H groups in total. The van der Waals surface area contributed by atoms with E-state index in [1.165, 1.54) is 0 Å². The van der Waals surface area contributed by atoms with E-state index < -0.39 is 12.2 Å². The van der Waals surface area contributed by atoms with E-state index in [0.717, 1.165) is 24.3 Å². The normalized spacial score (nSPS) is 11.7. The minimum Gasteiger partial charge on any atom is -0.497 e. The molecule has 0 aromatic heterocycles. The number of nitrogens with zero attached hydrogens (tertiary/aromatic N) is 2. The smallest absolute Gasteiger partial charge is 0.412 e. The highest BCUT2D eigenvalue weighted by molar-refractivity contribution is 5.95. The number of carbonyl (C=O) groups excluding carboxylic acids is 2. The maximum atomic E-state index is 12.7. The van der Waals surface area contributed by atoms with Crippen molar-refractivity contribution >= 4 is 17.7 Å². The number of rotatable bonds is 13. The predicted molar refractivity (Wildman–Crippen MR) is 133 cm³/mol. The molecule has 34 heavy (non-hydrogen) atoms. The molecule has 0 heterocycles. The van der Waals surface area contributed by atoms with Crippen LogP contribution in [0.5, 0.6) is 5.75 Å². The molecule has 0 fully saturated rings. The third-order valence-electron chi connectivity index (χ3n) is 5.46. The molecule has 1 unspecified atom stereocenters.